The zero-order valence-electron chi connectivity index (χ0n) is 10.6. The Kier molecular flexibility index (Phi) is 5.29. The number of hydrogen-bond acceptors (Lipinski definition) is 0. The SMILES string of the molecule is [SiH4].c1ccc(P(c2ccccc2)c2ccccc2)cc1. The van der Waals surface area contributed by atoms with Gasteiger partial charge in [0.2, 0.25) is 0 Å². The molecule has 3 aromatic carbocycles. The van der Waals surface area contributed by atoms with Crippen molar-refractivity contribution in [1.82, 2.24) is 0 Å². The summed E-state index contributed by atoms with van der Waals surface area (Å²) in [6.07, 6.45) is 0. The molecule has 0 unspecified atom stereocenters. The van der Waals surface area contributed by atoms with E-state index in [0.717, 1.165) is 0 Å². The molecule has 0 radical (unpaired) electrons. The molecule has 0 amide bonds. The van der Waals surface area contributed by atoms with Crippen LogP contribution in [0.1, 0.15) is 0 Å². The Balaban J connectivity index is 0.00000147. The Morgan fingerprint density at radius 1 is 0.400 bits per heavy atom. The molecule has 100 valence electrons. The van der Waals surface area contributed by atoms with Crippen LogP contribution >= 0.6 is 7.92 Å². The van der Waals surface area contributed by atoms with Crippen molar-refractivity contribution in [3.05, 3.63) is 91.0 Å². The molecular formula is C18H19PSi. The molecule has 0 aliphatic carbocycles. The Hall–Kier alpha value is -1.69. The smallest absolute Gasteiger partial charge is 0.0134 e. The van der Waals surface area contributed by atoms with E-state index in [0.29, 0.717) is 0 Å². The van der Waals surface area contributed by atoms with Gasteiger partial charge in [0.1, 0.15) is 0 Å². The predicted octanol–water partition coefficient (Wildman–Crippen LogP) is 1.99. The third kappa shape index (κ3) is 3.25. The van der Waals surface area contributed by atoms with Gasteiger partial charge in [0.05, 0.1) is 0 Å². The van der Waals surface area contributed by atoms with E-state index in [1.807, 2.05) is 0 Å². The lowest BCUT2D eigenvalue weighted by atomic mass is 10.4. The summed E-state index contributed by atoms with van der Waals surface area (Å²) in [5, 5.41) is 4.19. The first-order valence-electron chi connectivity index (χ1n) is 6.40. The maximum atomic E-state index is 2.23. The highest BCUT2D eigenvalue weighted by molar-refractivity contribution is 7.79. The molecule has 0 spiro atoms. The van der Waals surface area contributed by atoms with Crippen molar-refractivity contribution in [2.45, 2.75) is 0 Å². The van der Waals surface area contributed by atoms with Crippen molar-refractivity contribution in [2.24, 2.45) is 0 Å². The van der Waals surface area contributed by atoms with Gasteiger partial charge in [-0.05, 0) is 34.8 Å². The summed E-state index contributed by atoms with van der Waals surface area (Å²) >= 11 is 0. The van der Waals surface area contributed by atoms with Crippen LogP contribution in [0.3, 0.4) is 0 Å². The molecule has 0 saturated carbocycles. The molecule has 20 heavy (non-hydrogen) atoms. The summed E-state index contributed by atoms with van der Waals surface area (Å²) in [6, 6.07) is 32.3. The van der Waals surface area contributed by atoms with Crippen molar-refractivity contribution in [1.29, 1.82) is 0 Å². The third-order valence-corrected chi connectivity index (χ3v) is 5.49. The van der Waals surface area contributed by atoms with Crippen LogP contribution in [0.2, 0.25) is 0 Å². The Morgan fingerprint density at radius 2 is 0.650 bits per heavy atom. The van der Waals surface area contributed by atoms with Crippen LogP contribution in [-0.2, 0) is 0 Å². The molecule has 0 N–H and O–H groups in total. The molecule has 0 nitrogen and oxygen atoms in total. The molecule has 2 heteroatoms. The molecule has 0 atom stereocenters. The van der Waals surface area contributed by atoms with Crippen molar-refractivity contribution in [3.8, 4) is 0 Å². The second kappa shape index (κ2) is 7.19. The molecule has 0 fully saturated rings. The quantitative estimate of drug-likeness (QED) is 0.512. The molecule has 0 heterocycles. The number of benzene rings is 3. The summed E-state index contributed by atoms with van der Waals surface area (Å²) in [5.41, 5.74) is 0. The van der Waals surface area contributed by atoms with Gasteiger partial charge < -0.3 is 0 Å². The topological polar surface area (TPSA) is 0 Å². The van der Waals surface area contributed by atoms with Gasteiger partial charge in [-0.15, -0.1) is 0 Å². The van der Waals surface area contributed by atoms with Crippen molar-refractivity contribution < 1.29 is 0 Å². The van der Waals surface area contributed by atoms with Crippen LogP contribution in [0.15, 0.2) is 91.0 Å². The van der Waals surface area contributed by atoms with E-state index in [-0.39, 0.29) is 11.0 Å². The summed E-state index contributed by atoms with van der Waals surface area (Å²) in [6.45, 7) is 0. The maximum Gasteiger partial charge on any atom is -0.0134 e. The Bertz CT molecular complexity index is 529. The lowest BCUT2D eigenvalue weighted by Gasteiger charge is -2.18. The third-order valence-electron chi connectivity index (χ3n) is 3.04. The molecule has 3 rings (SSSR count). The normalized spacial score (nSPS) is 10.1. The van der Waals surface area contributed by atoms with Gasteiger partial charge in [-0.2, -0.15) is 0 Å². The molecule has 3 aromatic rings. The van der Waals surface area contributed by atoms with E-state index < -0.39 is 7.92 Å². The predicted molar refractivity (Wildman–Crippen MR) is 96.5 cm³/mol. The summed E-state index contributed by atoms with van der Waals surface area (Å²) in [5.74, 6) is 0. The van der Waals surface area contributed by atoms with Crippen molar-refractivity contribution >= 4 is 34.8 Å². The maximum absolute atomic E-state index is 2.23. The average molecular weight is 294 g/mol. The van der Waals surface area contributed by atoms with Crippen molar-refractivity contribution in [2.75, 3.05) is 0 Å². The lowest BCUT2D eigenvalue weighted by Crippen LogP contribution is -2.20. The highest BCUT2D eigenvalue weighted by Gasteiger charge is 2.14. The van der Waals surface area contributed by atoms with E-state index in [1.54, 1.807) is 0 Å². The van der Waals surface area contributed by atoms with Gasteiger partial charge in [0.15, 0.2) is 0 Å². The summed E-state index contributed by atoms with van der Waals surface area (Å²) in [4.78, 5) is 0. The first-order valence-corrected chi connectivity index (χ1v) is 7.74. The van der Waals surface area contributed by atoms with Gasteiger partial charge in [0.25, 0.3) is 0 Å². The fraction of sp³-hybridized carbons (Fsp3) is 0. The van der Waals surface area contributed by atoms with Gasteiger partial charge in [-0.25, -0.2) is 0 Å². The van der Waals surface area contributed by atoms with Gasteiger partial charge in [-0.3, -0.25) is 0 Å². The van der Waals surface area contributed by atoms with E-state index in [4.69, 9.17) is 0 Å². The second-order valence-corrected chi connectivity index (χ2v) is 6.56. The number of rotatable bonds is 3. The monoisotopic (exact) mass is 294 g/mol. The lowest BCUT2D eigenvalue weighted by molar-refractivity contribution is 1.74. The van der Waals surface area contributed by atoms with E-state index in [2.05, 4.69) is 91.0 Å². The first kappa shape index (κ1) is 14.7. The fourth-order valence-electron chi connectivity index (χ4n) is 2.18. The molecular weight excluding hydrogens is 275 g/mol. The zero-order valence-corrected chi connectivity index (χ0v) is 11.5. The van der Waals surface area contributed by atoms with E-state index in [9.17, 15) is 0 Å². The van der Waals surface area contributed by atoms with Crippen LogP contribution in [-0.4, -0.2) is 11.0 Å². The van der Waals surface area contributed by atoms with Crippen LogP contribution in [0.5, 0.6) is 0 Å². The minimum absolute atomic E-state index is 0. The minimum Gasteiger partial charge on any atom is -0.0622 e. The zero-order chi connectivity index (χ0) is 12.9. The van der Waals surface area contributed by atoms with E-state index >= 15 is 0 Å². The van der Waals surface area contributed by atoms with Crippen LogP contribution < -0.4 is 15.9 Å². The largest absolute Gasteiger partial charge is 0.0622 e. The number of hydrogen-bond donors (Lipinski definition) is 0. The molecule has 0 aliphatic heterocycles. The van der Waals surface area contributed by atoms with Crippen LogP contribution in [0.4, 0.5) is 0 Å². The van der Waals surface area contributed by atoms with Crippen molar-refractivity contribution in [3.63, 3.8) is 0 Å². The highest BCUT2D eigenvalue weighted by Crippen LogP contribution is 2.32. The standard InChI is InChI=1S/C18H15P.H4Si/c1-4-10-16(11-5-1)19(17-12-6-2-7-13-17)18-14-8-3-9-15-18;/h1-15H;1H4. The Labute approximate surface area is 126 Å². The minimum atomic E-state index is -0.446. The fourth-order valence-corrected chi connectivity index (χ4v) is 4.48. The molecule has 0 aliphatic rings. The van der Waals surface area contributed by atoms with Gasteiger partial charge in [0, 0.05) is 0 Å². The Morgan fingerprint density at radius 3 is 0.900 bits per heavy atom. The summed E-state index contributed by atoms with van der Waals surface area (Å²) < 4.78 is 0. The highest BCUT2D eigenvalue weighted by atomic mass is 31.1. The average Bonchev–Trinajstić information content (AvgIpc) is 2.51. The van der Waals surface area contributed by atoms with Crippen LogP contribution in [0.25, 0.3) is 0 Å². The summed E-state index contributed by atoms with van der Waals surface area (Å²) in [7, 11) is -0.446. The molecule has 0 aromatic heterocycles. The first-order chi connectivity index (χ1) is 9.45. The van der Waals surface area contributed by atoms with Gasteiger partial charge in [-0.1, -0.05) is 91.0 Å². The molecule has 0 saturated heterocycles. The van der Waals surface area contributed by atoms with Gasteiger partial charge >= 0.3 is 0 Å². The molecule has 0 bridgehead atoms. The van der Waals surface area contributed by atoms with Crippen LogP contribution in [0, 0.1) is 0 Å². The second-order valence-electron chi connectivity index (χ2n) is 4.34. The van der Waals surface area contributed by atoms with E-state index in [1.165, 1.54) is 15.9 Å².